The van der Waals surface area contributed by atoms with Crippen LogP contribution >= 0.6 is 0 Å². The second-order valence-corrected chi connectivity index (χ2v) is 3.97. The number of aliphatic hydroxyl groups excluding tert-OH is 2. The van der Waals surface area contributed by atoms with E-state index in [1.54, 1.807) is 0 Å². The monoisotopic (exact) mass is 230 g/mol. The Hall–Kier alpha value is -0.720. The maximum atomic E-state index is 8.86. The summed E-state index contributed by atoms with van der Waals surface area (Å²) in [5.74, 6) is 0. The van der Waals surface area contributed by atoms with Crippen molar-refractivity contribution in [3.8, 4) is 0 Å². The Morgan fingerprint density at radius 1 is 1.25 bits per heavy atom. The van der Waals surface area contributed by atoms with Gasteiger partial charge in [-0.25, -0.2) is 0 Å². The summed E-state index contributed by atoms with van der Waals surface area (Å²) in [6, 6.07) is 0.337. The minimum Gasteiger partial charge on any atom is -0.395 e. The fourth-order valence-electron chi connectivity index (χ4n) is 1.68. The molecule has 0 saturated carbocycles. The number of nitrogens with zero attached hydrogens (tertiary/aromatic N) is 4. The highest BCUT2D eigenvalue weighted by atomic mass is 16.3. The normalized spacial score (nSPS) is 20.0. The van der Waals surface area contributed by atoms with Gasteiger partial charge in [0.05, 0.1) is 32.3 Å². The van der Waals surface area contributed by atoms with Crippen molar-refractivity contribution in [2.75, 3.05) is 45.9 Å². The molecule has 0 fully saturated rings. The lowest BCUT2D eigenvalue weighted by molar-refractivity contribution is 0.145. The van der Waals surface area contributed by atoms with Crippen molar-refractivity contribution in [3.05, 3.63) is 0 Å². The first-order valence-corrected chi connectivity index (χ1v) is 5.90. The molecular formula is C10H22N4O2. The van der Waals surface area contributed by atoms with Gasteiger partial charge in [-0.05, 0) is 6.42 Å². The SMILES string of the molecule is CCC1CN(CCN(CCO)CCO)N=N1. The summed E-state index contributed by atoms with van der Waals surface area (Å²) in [4.78, 5) is 2.02. The fraction of sp³-hybridized carbons (Fsp3) is 1.00. The fourth-order valence-corrected chi connectivity index (χ4v) is 1.68. The van der Waals surface area contributed by atoms with E-state index >= 15 is 0 Å². The van der Waals surface area contributed by atoms with Gasteiger partial charge in [-0.1, -0.05) is 12.1 Å². The van der Waals surface area contributed by atoms with E-state index in [0.29, 0.717) is 19.1 Å². The highest BCUT2D eigenvalue weighted by Crippen LogP contribution is 2.10. The van der Waals surface area contributed by atoms with Crippen LogP contribution in [-0.4, -0.2) is 72.1 Å². The molecule has 1 rings (SSSR count). The lowest BCUT2D eigenvalue weighted by Gasteiger charge is -2.22. The molecule has 1 heterocycles. The summed E-state index contributed by atoms with van der Waals surface area (Å²) >= 11 is 0. The van der Waals surface area contributed by atoms with E-state index in [4.69, 9.17) is 10.2 Å². The minimum atomic E-state index is 0.124. The lowest BCUT2D eigenvalue weighted by atomic mass is 10.2. The van der Waals surface area contributed by atoms with Crippen LogP contribution in [0.15, 0.2) is 10.3 Å². The van der Waals surface area contributed by atoms with Gasteiger partial charge in [0.2, 0.25) is 0 Å². The molecule has 94 valence electrons. The van der Waals surface area contributed by atoms with Gasteiger partial charge in [-0.15, -0.1) is 0 Å². The van der Waals surface area contributed by atoms with Crippen LogP contribution in [0.2, 0.25) is 0 Å². The Kier molecular flexibility index (Phi) is 6.29. The van der Waals surface area contributed by atoms with Gasteiger partial charge < -0.3 is 10.2 Å². The smallest absolute Gasteiger partial charge is 0.0918 e. The van der Waals surface area contributed by atoms with Crippen LogP contribution in [0.3, 0.4) is 0 Å². The number of aliphatic hydroxyl groups is 2. The molecule has 0 aliphatic carbocycles. The van der Waals surface area contributed by atoms with Crippen LogP contribution in [0.1, 0.15) is 13.3 Å². The van der Waals surface area contributed by atoms with Crippen molar-refractivity contribution in [3.63, 3.8) is 0 Å². The Labute approximate surface area is 96.5 Å². The van der Waals surface area contributed by atoms with E-state index in [1.807, 2.05) is 9.91 Å². The minimum absolute atomic E-state index is 0.124. The molecular weight excluding hydrogens is 208 g/mol. The highest BCUT2D eigenvalue weighted by Gasteiger charge is 2.17. The van der Waals surface area contributed by atoms with Gasteiger partial charge in [-0.3, -0.25) is 9.91 Å². The first-order chi connectivity index (χ1) is 7.80. The van der Waals surface area contributed by atoms with E-state index in [0.717, 1.165) is 26.1 Å². The Morgan fingerprint density at radius 3 is 2.44 bits per heavy atom. The quantitative estimate of drug-likeness (QED) is 0.602. The average molecular weight is 230 g/mol. The largest absolute Gasteiger partial charge is 0.395 e. The summed E-state index contributed by atoms with van der Waals surface area (Å²) in [6.07, 6.45) is 1.02. The molecule has 0 aromatic heterocycles. The maximum absolute atomic E-state index is 8.86. The van der Waals surface area contributed by atoms with Crippen molar-refractivity contribution in [2.45, 2.75) is 19.4 Å². The molecule has 0 aromatic carbocycles. The zero-order chi connectivity index (χ0) is 11.8. The molecule has 0 aromatic rings. The zero-order valence-electron chi connectivity index (χ0n) is 9.92. The third-order valence-corrected chi connectivity index (χ3v) is 2.74. The van der Waals surface area contributed by atoms with Crippen molar-refractivity contribution in [1.82, 2.24) is 9.91 Å². The Bertz CT molecular complexity index is 207. The number of rotatable bonds is 8. The molecule has 1 unspecified atom stereocenters. The predicted octanol–water partition coefficient (Wildman–Crippen LogP) is -0.266. The van der Waals surface area contributed by atoms with Crippen LogP contribution < -0.4 is 0 Å². The third kappa shape index (κ3) is 4.42. The van der Waals surface area contributed by atoms with Gasteiger partial charge in [0.1, 0.15) is 0 Å². The third-order valence-electron chi connectivity index (χ3n) is 2.74. The summed E-state index contributed by atoms with van der Waals surface area (Å²) in [6.45, 7) is 6.06. The predicted molar refractivity (Wildman–Crippen MR) is 61.1 cm³/mol. The second kappa shape index (κ2) is 7.54. The molecule has 2 N–H and O–H groups in total. The summed E-state index contributed by atoms with van der Waals surface area (Å²) < 4.78 is 0. The Morgan fingerprint density at radius 2 is 1.94 bits per heavy atom. The van der Waals surface area contributed by atoms with E-state index < -0.39 is 0 Å². The van der Waals surface area contributed by atoms with Crippen molar-refractivity contribution in [1.29, 1.82) is 0 Å². The van der Waals surface area contributed by atoms with Crippen molar-refractivity contribution in [2.24, 2.45) is 10.3 Å². The van der Waals surface area contributed by atoms with Gasteiger partial charge in [0, 0.05) is 19.6 Å². The molecule has 1 atom stereocenters. The van der Waals surface area contributed by atoms with E-state index in [9.17, 15) is 0 Å². The highest BCUT2D eigenvalue weighted by molar-refractivity contribution is 4.72. The topological polar surface area (TPSA) is 71.7 Å². The molecule has 6 heteroatoms. The number of hydrogen-bond donors (Lipinski definition) is 2. The van der Waals surface area contributed by atoms with Gasteiger partial charge in [0.25, 0.3) is 0 Å². The molecule has 0 amide bonds. The molecule has 0 radical (unpaired) electrons. The first-order valence-electron chi connectivity index (χ1n) is 5.90. The molecule has 0 bridgehead atoms. The van der Waals surface area contributed by atoms with E-state index in [1.165, 1.54) is 0 Å². The van der Waals surface area contributed by atoms with Gasteiger partial charge in [-0.2, -0.15) is 5.11 Å². The van der Waals surface area contributed by atoms with Gasteiger partial charge in [0.15, 0.2) is 0 Å². The Balaban J connectivity index is 2.19. The molecule has 0 spiro atoms. The van der Waals surface area contributed by atoms with E-state index in [-0.39, 0.29) is 13.2 Å². The van der Waals surface area contributed by atoms with E-state index in [2.05, 4.69) is 17.3 Å². The van der Waals surface area contributed by atoms with Crippen LogP contribution in [0.25, 0.3) is 0 Å². The molecule has 6 nitrogen and oxygen atoms in total. The van der Waals surface area contributed by atoms with Crippen LogP contribution in [0.4, 0.5) is 0 Å². The molecule has 0 saturated heterocycles. The summed E-state index contributed by atoms with van der Waals surface area (Å²) in [7, 11) is 0. The molecule has 1 aliphatic rings. The maximum Gasteiger partial charge on any atom is 0.0918 e. The summed E-state index contributed by atoms with van der Waals surface area (Å²) in [5.41, 5.74) is 0. The van der Waals surface area contributed by atoms with Crippen molar-refractivity contribution >= 4 is 0 Å². The average Bonchev–Trinajstić information content (AvgIpc) is 2.74. The lowest BCUT2D eigenvalue weighted by Crippen LogP contribution is -2.36. The number of hydrogen-bond acceptors (Lipinski definition) is 6. The van der Waals surface area contributed by atoms with Crippen LogP contribution in [-0.2, 0) is 0 Å². The van der Waals surface area contributed by atoms with Gasteiger partial charge >= 0.3 is 0 Å². The molecule has 16 heavy (non-hydrogen) atoms. The second-order valence-electron chi connectivity index (χ2n) is 3.97. The zero-order valence-corrected chi connectivity index (χ0v) is 9.92. The van der Waals surface area contributed by atoms with Crippen LogP contribution in [0.5, 0.6) is 0 Å². The molecule has 1 aliphatic heterocycles. The van der Waals surface area contributed by atoms with Crippen molar-refractivity contribution < 1.29 is 10.2 Å². The van der Waals surface area contributed by atoms with Crippen LogP contribution in [0, 0.1) is 0 Å². The summed E-state index contributed by atoms with van der Waals surface area (Å²) in [5, 5.41) is 27.9. The standard InChI is InChI=1S/C10H22N4O2/c1-2-10-9-14(12-11-10)4-3-13(5-7-15)6-8-16/h10,15-16H,2-9H2,1H3. The first kappa shape index (κ1) is 13.3.